The number of benzene rings is 1. The van der Waals surface area contributed by atoms with E-state index in [4.69, 9.17) is 4.74 Å². The Labute approximate surface area is 138 Å². The fourth-order valence-electron chi connectivity index (χ4n) is 2.75. The molecule has 0 saturated carbocycles. The van der Waals surface area contributed by atoms with Gasteiger partial charge in [-0.3, -0.25) is 4.79 Å². The fourth-order valence-corrected chi connectivity index (χ4v) is 2.75. The standard InChI is InChI=1S/C16H18F2N4O2/c1-21-6-5-20-16(21)13-9-19-4-7-22(13)15(23)10-24-14-3-2-11(17)8-12(14)18/h2-3,5-6,8,13,19H,4,7,9-10H2,1H3. The summed E-state index contributed by atoms with van der Waals surface area (Å²) in [5, 5.41) is 3.23. The highest BCUT2D eigenvalue weighted by Crippen LogP contribution is 2.22. The SMILES string of the molecule is Cn1ccnc1C1CNCCN1C(=O)COc1ccc(F)cc1F. The number of nitrogens with one attached hydrogen (secondary N) is 1. The topological polar surface area (TPSA) is 59.4 Å². The number of piperazine rings is 1. The summed E-state index contributed by atoms with van der Waals surface area (Å²) >= 11 is 0. The predicted octanol–water partition coefficient (Wildman–Crippen LogP) is 1.25. The van der Waals surface area contributed by atoms with E-state index in [0.717, 1.165) is 18.0 Å². The van der Waals surface area contributed by atoms with Gasteiger partial charge in [0.2, 0.25) is 0 Å². The maximum absolute atomic E-state index is 13.6. The van der Waals surface area contributed by atoms with Gasteiger partial charge in [0, 0.05) is 45.1 Å². The van der Waals surface area contributed by atoms with Gasteiger partial charge < -0.3 is 19.5 Å². The summed E-state index contributed by atoms with van der Waals surface area (Å²) in [5.41, 5.74) is 0. The van der Waals surface area contributed by atoms with Crippen molar-refractivity contribution in [2.75, 3.05) is 26.2 Å². The number of ether oxygens (including phenoxy) is 1. The largest absolute Gasteiger partial charge is 0.481 e. The quantitative estimate of drug-likeness (QED) is 0.913. The average molecular weight is 336 g/mol. The molecule has 1 fully saturated rings. The van der Waals surface area contributed by atoms with Crippen molar-refractivity contribution in [3.63, 3.8) is 0 Å². The first-order valence-corrected chi connectivity index (χ1v) is 7.61. The summed E-state index contributed by atoms with van der Waals surface area (Å²) in [4.78, 5) is 18.5. The van der Waals surface area contributed by atoms with Gasteiger partial charge in [-0.2, -0.15) is 0 Å². The molecule has 0 spiro atoms. The van der Waals surface area contributed by atoms with E-state index in [-0.39, 0.29) is 24.3 Å². The van der Waals surface area contributed by atoms with E-state index in [9.17, 15) is 13.6 Å². The molecule has 128 valence electrons. The monoisotopic (exact) mass is 336 g/mol. The predicted molar refractivity (Wildman–Crippen MR) is 82.4 cm³/mol. The molecule has 1 aromatic heterocycles. The maximum Gasteiger partial charge on any atom is 0.261 e. The van der Waals surface area contributed by atoms with Crippen LogP contribution in [-0.2, 0) is 11.8 Å². The molecule has 1 unspecified atom stereocenters. The number of carbonyl (C=O) groups is 1. The van der Waals surface area contributed by atoms with Crippen molar-refractivity contribution in [3.8, 4) is 5.75 Å². The van der Waals surface area contributed by atoms with Gasteiger partial charge in [0.15, 0.2) is 18.2 Å². The van der Waals surface area contributed by atoms with Crippen LogP contribution in [0.3, 0.4) is 0 Å². The molecule has 0 bridgehead atoms. The van der Waals surface area contributed by atoms with Crippen molar-refractivity contribution >= 4 is 5.91 Å². The molecule has 1 aliphatic rings. The Balaban J connectivity index is 1.69. The van der Waals surface area contributed by atoms with Gasteiger partial charge in [-0.15, -0.1) is 0 Å². The maximum atomic E-state index is 13.6. The molecule has 1 N–H and O–H groups in total. The van der Waals surface area contributed by atoms with Gasteiger partial charge in [-0.25, -0.2) is 13.8 Å². The van der Waals surface area contributed by atoms with Crippen molar-refractivity contribution in [1.82, 2.24) is 19.8 Å². The van der Waals surface area contributed by atoms with E-state index >= 15 is 0 Å². The molecule has 0 radical (unpaired) electrons. The van der Waals surface area contributed by atoms with Crippen molar-refractivity contribution in [1.29, 1.82) is 0 Å². The Bertz CT molecular complexity index is 735. The molecule has 1 aromatic carbocycles. The number of hydrogen-bond acceptors (Lipinski definition) is 4. The van der Waals surface area contributed by atoms with E-state index in [1.54, 1.807) is 11.1 Å². The smallest absolute Gasteiger partial charge is 0.261 e. The lowest BCUT2D eigenvalue weighted by Crippen LogP contribution is -2.50. The molecular formula is C16H18F2N4O2. The van der Waals surface area contributed by atoms with E-state index in [1.165, 1.54) is 6.07 Å². The lowest BCUT2D eigenvalue weighted by molar-refractivity contribution is -0.137. The highest BCUT2D eigenvalue weighted by Gasteiger charge is 2.30. The second-order valence-electron chi connectivity index (χ2n) is 5.57. The molecule has 1 aliphatic heterocycles. The molecule has 1 saturated heterocycles. The van der Waals surface area contributed by atoms with Crippen LogP contribution in [0.2, 0.25) is 0 Å². The molecule has 2 heterocycles. The van der Waals surface area contributed by atoms with Crippen LogP contribution in [-0.4, -0.2) is 46.6 Å². The fraction of sp³-hybridized carbons (Fsp3) is 0.375. The van der Waals surface area contributed by atoms with Crippen LogP contribution < -0.4 is 10.1 Å². The number of aryl methyl sites for hydroxylation is 1. The summed E-state index contributed by atoms with van der Waals surface area (Å²) in [6, 6.07) is 2.77. The van der Waals surface area contributed by atoms with Crippen LogP contribution in [0.4, 0.5) is 8.78 Å². The molecule has 6 nitrogen and oxygen atoms in total. The molecule has 24 heavy (non-hydrogen) atoms. The average Bonchev–Trinajstić information content (AvgIpc) is 2.99. The number of hydrogen-bond donors (Lipinski definition) is 1. The van der Waals surface area contributed by atoms with Gasteiger partial charge in [-0.1, -0.05) is 0 Å². The summed E-state index contributed by atoms with van der Waals surface area (Å²) in [6.07, 6.45) is 3.49. The second kappa shape index (κ2) is 6.96. The third-order valence-corrected chi connectivity index (χ3v) is 3.97. The first-order valence-electron chi connectivity index (χ1n) is 7.61. The molecule has 2 aromatic rings. The van der Waals surface area contributed by atoms with Crippen molar-refractivity contribution in [3.05, 3.63) is 48.1 Å². The minimum Gasteiger partial charge on any atom is -0.481 e. The second-order valence-corrected chi connectivity index (χ2v) is 5.57. The third-order valence-electron chi connectivity index (χ3n) is 3.97. The van der Waals surface area contributed by atoms with Gasteiger partial charge in [-0.05, 0) is 12.1 Å². The molecule has 1 amide bonds. The highest BCUT2D eigenvalue weighted by molar-refractivity contribution is 5.78. The minimum absolute atomic E-state index is 0.145. The summed E-state index contributed by atoms with van der Waals surface area (Å²) in [5.74, 6) is -1.17. The van der Waals surface area contributed by atoms with Crippen molar-refractivity contribution in [2.24, 2.45) is 7.05 Å². The Morgan fingerprint density at radius 1 is 1.46 bits per heavy atom. The van der Waals surface area contributed by atoms with E-state index < -0.39 is 11.6 Å². The number of aromatic nitrogens is 2. The number of carbonyl (C=O) groups excluding carboxylic acids is 1. The first-order chi connectivity index (χ1) is 11.6. The van der Waals surface area contributed by atoms with Crippen LogP contribution in [0, 0.1) is 11.6 Å². The van der Waals surface area contributed by atoms with Crippen molar-refractivity contribution in [2.45, 2.75) is 6.04 Å². The molecule has 1 atom stereocenters. The summed E-state index contributed by atoms with van der Waals surface area (Å²) in [7, 11) is 1.87. The third kappa shape index (κ3) is 3.38. The van der Waals surface area contributed by atoms with Gasteiger partial charge in [0.1, 0.15) is 17.7 Å². The number of imidazole rings is 1. The van der Waals surface area contributed by atoms with E-state index in [1.807, 2.05) is 17.8 Å². The first kappa shape index (κ1) is 16.4. The lowest BCUT2D eigenvalue weighted by Gasteiger charge is -2.35. The van der Waals surface area contributed by atoms with Gasteiger partial charge in [0.25, 0.3) is 5.91 Å². The Kier molecular flexibility index (Phi) is 4.75. The lowest BCUT2D eigenvalue weighted by atomic mass is 10.1. The van der Waals surface area contributed by atoms with Crippen LogP contribution >= 0.6 is 0 Å². The van der Waals surface area contributed by atoms with Gasteiger partial charge in [0.05, 0.1) is 0 Å². The zero-order valence-corrected chi connectivity index (χ0v) is 13.2. The Hall–Kier alpha value is -2.48. The normalized spacial score (nSPS) is 17.8. The molecule has 0 aliphatic carbocycles. The number of amides is 1. The summed E-state index contributed by atoms with van der Waals surface area (Å²) < 4.78 is 33.6. The Morgan fingerprint density at radius 3 is 3.00 bits per heavy atom. The highest BCUT2D eigenvalue weighted by atomic mass is 19.1. The van der Waals surface area contributed by atoms with Gasteiger partial charge >= 0.3 is 0 Å². The van der Waals surface area contributed by atoms with Crippen LogP contribution in [0.15, 0.2) is 30.6 Å². The minimum atomic E-state index is -0.830. The number of rotatable bonds is 4. The number of nitrogens with zero attached hydrogens (tertiary/aromatic N) is 3. The zero-order valence-electron chi connectivity index (χ0n) is 13.2. The van der Waals surface area contributed by atoms with E-state index in [0.29, 0.717) is 19.6 Å². The van der Waals surface area contributed by atoms with Crippen molar-refractivity contribution < 1.29 is 18.3 Å². The van der Waals surface area contributed by atoms with Crippen LogP contribution in [0.5, 0.6) is 5.75 Å². The molecule has 3 rings (SSSR count). The molecule has 8 heteroatoms. The zero-order chi connectivity index (χ0) is 17.1. The summed E-state index contributed by atoms with van der Waals surface area (Å²) in [6.45, 7) is 1.44. The van der Waals surface area contributed by atoms with E-state index in [2.05, 4.69) is 10.3 Å². The van der Waals surface area contributed by atoms with Crippen LogP contribution in [0.25, 0.3) is 0 Å². The molecular weight excluding hydrogens is 318 g/mol. The van der Waals surface area contributed by atoms with Crippen LogP contribution in [0.1, 0.15) is 11.9 Å². The number of halogens is 2. The Morgan fingerprint density at radius 2 is 2.29 bits per heavy atom.